The van der Waals surface area contributed by atoms with E-state index in [1.54, 1.807) is 19.4 Å². The van der Waals surface area contributed by atoms with Crippen LogP contribution in [0, 0.1) is 5.92 Å². The number of nitrogens with zero attached hydrogens (tertiary/aromatic N) is 3. The first-order valence-corrected chi connectivity index (χ1v) is 5.61. The lowest BCUT2D eigenvalue weighted by Gasteiger charge is -2.11. The predicted octanol–water partition coefficient (Wildman–Crippen LogP) is 0.144. The first-order valence-electron chi connectivity index (χ1n) is 5.61. The Hall–Kier alpha value is -1.36. The van der Waals surface area contributed by atoms with Gasteiger partial charge in [-0.15, -0.1) is 0 Å². The summed E-state index contributed by atoms with van der Waals surface area (Å²) in [7, 11) is 3.86. The number of anilines is 1. The molecule has 1 aromatic heterocycles. The number of likely N-dealkylation sites (tertiary alicyclic amines) is 1. The molecule has 5 nitrogen and oxygen atoms in total. The lowest BCUT2D eigenvalue weighted by molar-refractivity contribution is 0.399. The Morgan fingerprint density at radius 3 is 3.06 bits per heavy atom. The monoisotopic (exact) mass is 222 g/mol. The van der Waals surface area contributed by atoms with E-state index in [2.05, 4.69) is 22.2 Å². The molecule has 5 heteroatoms. The van der Waals surface area contributed by atoms with Crippen molar-refractivity contribution in [3.8, 4) is 0 Å². The van der Waals surface area contributed by atoms with Crippen LogP contribution in [0.25, 0.3) is 0 Å². The maximum atomic E-state index is 11.7. The Morgan fingerprint density at radius 2 is 2.38 bits per heavy atom. The fourth-order valence-electron chi connectivity index (χ4n) is 2.05. The second-order valence-corrected chi connectivity index (χ2v) is 4.49. The van der Waals surface area contributed by atoms with Gasteiger partial charge in [0.15, 0.2) is 5.82 Å². The summed E-state index contributed by atoms with van der Waals surface area (Å²) in [4.78, 5) is 18.0. The lowest BCUT2D eigenvalue weighted by Crippen LogP contribution is -2.25. The van der Waals surface area contributed by atoms with Crippen molar-refractivity contribution in [1.29, 1.82) is 0 Å². The molecule has 1 N–H and O–H groups in total. The van der Waals surface area contributed by atoms with E-state index in [4.69, 9.17) is 0 Å². The molecule has 1 aliphatic rings. The summed E-state index contributed by atoms with van der Waals surface area (Å²) >= 11 is 0. The summed E-state index contributed by atoms with van der Waals surface area (Å²) in [5.74, 6) is 1.08. The highest BCUT2D eigenvalue weighted by atomic mass is 16.1. The molecule has 1 aromatic rings. The Labute approximate surface area is 95.1 Å². The number of nitrogens with one attached hydrogen (secondary N) is 1. The molecule has 2 rings (SSSR count). The topological polar surface area (TPSA) is 50.2 Å². The number of aromatic nitrogens is 2. The van der Waals surface area contributed by atoms with Gasteiger partial charge in [-0.25, -0.2) is 4.98 Å². The highest BCUT2D eigenvalue weighted by Crippen LogP contribution is 2.13. The summed E-state index contributed by atoms with van der Waals surface area (Å²) in [6, 6.07) is 0. The van der Waals surface area contributed by atoms with E-state index in [0.29, 0.717) is 11.7 Å². The van der Waals surface area contributed by atoms with Crippen LogP contribution in [0.5, 0.6) is 0 Å². The van der Waals surface area contributed by atoms with Gasteiger partial charge in [-0.3, -0.25) is 4.79 Å². The minimum absolute atomic E-state index is 0.0612. The molecule has 88 valence electrons. The first-order chi connectivity index (χ1) is 7.66. The highest BCUT2D eigenvalue weighted by Gasteiger charge is 2.19. The molecule has 16 heavy (non-hydrogen) atoms. The first kappa shape index (κ1) is 11.1. The molecule has 1 atom stereocenters. The van der Waals surface area contributed by atoms with Gasteiger partial charge in [0.1, 0.15) is 0 Å². The molecule has 0 saturated carbocycles. The highest BCUT2D eigenvalue weighted by molar-refractivity contribution is 5.30. The fourth-order valence-corrected chi connectivity index (χ4v) is 2.05. The van der Waals surface area contributed by atoms with Crippen LogP contribution in [0.1, 0.15) is 6.42 Å². The summed E-state index contributed by atoms with van der Waals surface area (Å²) in [5, 5.41) is 3.15. The Bertz CT molecular complexity index is 415. The quantitative estimate of drug-likeness (QED) is 0.790. The third kappa shape index (κ3) is 2.41. The zero-order valence-electron chi connectivity index (χ0n) is 9.81. The number of rotatable bonds is 3. The lowest BCUT2D eigenvalue weighted by atomic mass is 10.1. The Morgan fingerprint density at radius 1 is 1.56 bits per heavy atom. The summed E-state index contributed by atoms with van der Waals surface area (Å²) in [5.41, 5.74) is -0.0612. The van der Waals surface area contributed by atoms with Gasteiger partial charge in [0.05, 0.1) is 0 Å². The molecular formula is C11H18N4O. The molecule has 0 amide bonds. The van der Waals surface area contributed by atoms with Gasteiger partial charge in [0.2, 0.25) is 0 Å². The number of aryl methyl sites for hydroxylation is 1. The van der Waals surface area contributed by atoms with Crippen molar-refractivity contribution in [1.82, 2.24) is 14.5 Å². The third-order valence-corrected chi connectivity index (χ3v) is 3.06. The van der Waals surface area contributed by atoms with E-state index >= 15 is 0 Å². The second-order valence-electron chi connectivity index (χ2n) is 4.49. The van der Waals surface area contributed by atoms with Gasteiger partial charge in [-0.2, -0.15) is 0 Å². The zero-order chi connectivity index (χ0) is 11.5. The maximum absolute atomic E-state index is 11.7. The molecule has 1 unspecified atom stereocenters. The zero-order valence-corrected chi connectivity index (χ0v) is 9.81. The van der Waals surface area contributed by atoms with Gasteiger partial charge in [-0.05, 0) is 25.9 Å². The van der Waals surface area contributed by atoms with Gasteiger partial charge < -0.3 is 14.8 Å². The SMILES string of the molecule is CN1CCC(CNc2nccn(C)c2=O)C1. The minimum atomic E-state index is -0.0612. The Kier molecular flexibility index (Phi) is 3.24. The second kappa shape index (κ2) is 4.65. The van der Waals surface area contributed by atoms with Crippen LogP contribution in [-0.4, -0.2) is 41.1 Å². The molecule has 1 fully saturated rings. The van der Waals surface area contributed by atoms with Crippen molar-refractivity contribution in [2.24, 2.45) is 13.0 Å². The average Bonchev–Trinajstić information content (AvgIpc) is 2.67. The molecule has 0 aliphatic carbocycles. The van der Waals surface area contributed by atoms with E-state index in [1.165, 1.54) is 11.0 Å². The molecule has 1 aliphatic heterocycles. The van der Waals surface area contributed by atoms with Gasteiger partial charge >= 0.3 is 0 Å². The van der Waals surface area contributed by atoms with E-state index in [0.717, 1.165) is 19.6 Å². The number of hydrogen-bond donors (Lipinski definition) is 1. The normalized spacial score (nSPS) is 21.2. The van der Waals surface area contributed by atoms with Crippen LogP contribution in [0.3, 0.4) is 0 Å². The standard InChI is InChI=1S/C11H18N4O/c1-14-5-3-9(8-14)7-13-10-11(16)15(2)6-4-12-10/h4,6,9H,3,5,7-8H2,1-2H3,(H,12,13). The molecule has 0 aromatic carbocycles. The van der Waals surface area contributed by atoms with Crippen LogP contribution in [0.2, 0.25) is 0 Å². The predicted molar refractivity (Wildman–Crippen MR) is 63.6 cm³/mol. The van der Waals surface area contributed by atoms with Gasteiger partial charge in [-0.1, -0.05) is 0 Å². The van der Waals surface area contributed by atoms with Crippen molar-refractivity contribution in [2.45, 2.75) is 6.42 Å². The maximum Gasteiger partial charge on any atom is 0.293 e. The van der Waals surface area contributed by atoms with Crippen molar-refractivity contribution in [2.75, 3.05) is 32.0 Å². The average molecular weight is 222 g/mol. The van der Waals surface area contributed by atoms with Gasteiger partial charge in [0.25, 0.3) is 5.56 Å². The molecule has 1 saturated heterocycles. The molecule has 2 heterocycles. The van der Waals surface area contributed by atoms with Crippen LogP contribution in [0.4, 0.5) is 5.82 Å². The molecule has 0 radical (unpaired) electrons. The van der Waals surface area contributed by atoms with Crippen molar-refractivity contribution in [3.63, 3.8) is 0 Å². The van der Waals surface area contributed by atoms with E-state index in [1.807, 2.05) is 0 Å². The van der Waals surface area contributed by atoms with Crippen molar-refractivity contribution >= 4 is 5.82 Å². The van der Waals surface area contributed by atoms with Crippen LogP contribution >= 0.6 is 0 Å². The molecular weight excluding hydrogens is 204 g/mol. The largest absolute Gasteiger partial charge is 0.365 e. The van der Waals surface area contributed by atoms with Crippen LogP contribution < -0.4 is 10.9 Å². The van der Waals surface area contributed by atoms with Gasteiger partial charge in [0, 0.05) is 32.5 Å². The Balaban J connectivity index is 1.95. The van der Waals surface area contributed by atoms with Crippen LogP contribution in [0.15, 0.2) is 17.2 Å². The smallest absolute Gasteiger partial charge is 0.293 e. The van der Waals surface area contributed by atoms with E-state index < -0.39 is 0 Å². The third-order valence-electron chi connectivity index (χ3n) is 3.06. The van der Waals surface area contributed by atoms with E-state index in [9.17, 15) is 4.79 Å². The molecule has 0 spiro atoms. The summed E-state index contributed by atoms with van der Waals surface area (Å²) < 4.78 is 1.54. The van der Waals surface area contributed by atoms with Crippen molar-refractivity contribution in [3.05, 3.63) is 22.7 Å². The van der Waals surface area contributed by atoms with Crippen LogP contribution in [-0.2, 0) is 7.05 Å². The summed E-state index contributed by atoms with van der Waals surface area (Å²) in [6.45, 7) is 3.07. The molecule has 0 bridgehead atoms. The summed E-state index contributed by atoms with van der Waals surface area (Å²) in [6.07, 6.45) is 4.50. The van der Waals surface area contributed by atoms with E-state index in [-0.39, 0.29) is 5.56 Å². The van der Waals surface area contributed by atoms with Crippen molar-refractivity contribution < 1.29 is 0 Å². The fraction of sp³-hybridized carbons (Fsp3) is 0.636. The number of hydrogen-bond acceptors (Lipinski definition) is 4. The minimum Gasteiger partial charge on any atom is -0.365 e.